The number of benzene rings is 1. The van der Waals surface area contributed by atoms with Gasteiger partial charge >= 0.3 is 0 Å². The molecule has 96 valence electrons. The van der Waals surface area contributed by atoms with Crippen LogP contribution in [0.4, 0.5) is 4.39 Å². The molecule has 1 fully saturated rings. The molecule has 1 saturated carbocycles. The Morgan fingerprint density at radius 1 is 1.44 bits per heavy atom. The second-order valence-electron chi connectivity index (χ2n) is 5.26. The quantitative estimate of drug-likeness (QED) is 0.772. The van der Waals surface area contributed by atoms with E-state index in [2.05, 4.69) is 16.5 Å². The fourth-order valence-electron chi connectivity index (χ4n) is 2.88. The third-order valence-electron chi connectivity index (χ3n) is 3.99. The number of para-hydroxylation sites is 1. The Hall–Kier alpha value is -1.09. The molecule has 0 atom stereocenters. The van der Waals surface area contributed by atoms with Crippen LogP contribution >= 0.6 is 11.6 Å². The maximum Gasteiger partial charge on any atom is 0.151 e. The fraction of sp³-hybridized carbons (Fsp3) is 0.500. The van der Waals surface area contributed by atoms with Crippen LogP contribution in [-0.4, -0.2) is 15.4 Å². The Morgan fingerprint density at radius 2 is 2.22 bits per heavy atom. The first-order valence-corrected chi connectivity index (χ1v) is 6.91. The number of nitrogens with zero attached hydrogens (tertiary/aromatic N) is 2. The van der Waals surface area contributed by atoms with Crippen LogP contribution in [0.2, 0.25) is 0 Å². The predicted octanol–water partition coefficient (Wildman–Crippen LogP) is 3.86. The number of hydrogen-bond donors (Lipinski definition) is 0. The van der Waals surface area contributed by atoms with Crippen LogP contribution in [0.3, 0.4) is 0 Å². The molecule has 0 spiro atoms. The van der Waals surface area contributed by atoms with E-state index in [1.54, 1.807) is 6.07 Å². The molecule has 1 aliphatic carbocycles. The Labute approximate surface area is 111 Å². The van der Waals surface area contributed by atoms with Crippen LogP contribution in [-0.2, 0) is 12.0 Å². The summed E-state index contributed by atoms with van der Waals surface area (Å²) >= 11 is 5.84. The van der Waals surface area contributed by atoms with E-state index in [4.69, 9.17) is 11.6 Å². The van der Waals surface area contributed by atoms with Gasteiger partial charge in [0.2, 0.25) is 0 Å². The van der Waals surface area contributed by atoms with Crippen LogP contribution in [0.25, 0.3) is 11.0 Å². The van der Waals surface area contributed by atoms with Crippen molar-refractivity contribution in [1.29, 1.82) is 0 Å². The highest BCUT2D eigenvalue weighted by molar-refractivity contribution is 6.17. The second kappa shape index (κ2) is 4.23. The normalized spacial score (nSPS) is 17.9. The van der Waals surface area contributed by atoms with Gasteiger partial charge in [-0.2, -0.15) is 0 Å². The lowest BCUT2D eigenvalue weighted by molar-refractivity contribution is 0.170. The van der Waals surface area contributed by atoms with Crippen molar-refractivity contribution >= 4 is 22.6 Å². The first-order valence-electron chi connectivity index (χ1n) is 6.38. The molecule has 3 rings (SSSR count). The number of halogens is 2. The second-order valence-corrected chi connectivity index (χ2v) is 5.64. The van der Waals surface area contributed by atoms with Crippen molar-refractivity contribution in [3.05, 3.63) is 29.8 Å². The fourth-order valence-corrected chi connectivity index (χ4v) is 3.05. The van der Waals surface area contributed by atoms with E-state index in [-0.39, 0.29) is 11.4 Å². The number of imidazole rings is 1. The van der Waals surface area contributed by atoms with Crippen molar-refractivity contribution in [1.82, 2.24) is 9.55 Å². The number of hydrogen-bond acceptors (Lipinski definition) is 1. The average Bonchev–Trinajstić information content (AvgIpc) is 2.67. The summed E-state index contributed by atoms with van der Waals surface area (Å²) in [5.41, 5.74) is 1.47. The first kappa shape index (κ1) is 12.0. The summed E-state index contributed by atoms with van der Waals surface area (Å²) in [6, 6.07) is 5.17. The van der Waals surface area contributed by atoms with Gasteiger partial charge in [0, 0.05) is 17.8 Å². The molecule has 1 heterocycles. The number of alkyl halides is 1. The Balaban J connectivity index is 2.25. The molecule has 0 amide bonds. The molecule has 2 nitrogen and oxygen atoms in total. The molecule has 0 N–H and O–H groups in total. The van der Waals surface area contributed by atoms with Crippen LogP contribution in [0.15, 0.2) is 18.2 Å². The zero-order chi connectivity index (χ0) is 12.8. The van der Waals surface area contributed by atoms with Gasteiger partial charge in [-0.15, -0.1) is 11.6 Å². The van der Waals surface area contributed by atoms with E-state index in [9.17, 15) is 4.39 Å². The van der Waals surface area contributed by atoms with Crippen LogP contribution < -0.4 is 0 Å². The molecule has 2 aromatic rings. The predicted molar refractivity (Wildman–Crippen MR) is 71.6 cm³/mol. The molecule has 0 unspecified atom stereocenters. The molecule has 18 heavy (non-hydrogen) atoms. The maximum atomic E-state index is 13.8. The van der Waals surface area contributed by atoms with E-state index in [1.807, 2.05) is 6.07 Å². The van der Waals surface area contributed by atoms with E-state index in [1.165, 1.54) is 12.5 Å². The molecule has 1 aromatic carbocycles. The zero-order valence-corrected chi connectivity index (χ0v) is 11.2. The summed E-state index contributed by atoms with van der Waals surface area (Å²) in [5, 5.41) is 0. The van der Waals surface area contributed by atoms with Gasteiger partial charge in [0.25, 0.3) is 0 Å². The van der Waals surface area contributed by atoms with Gasteiger partial charge in [-0.3, -0.25) is 0 Å². The summed E-state index contributed by atoms with van der Waals surface area (Å²) in [5.74, 6) is 1.18. The van der Waals surface area contributed by atoms with Crippen molar-refractivity contribution < 1.29 is 4.39 Å². The van der Waals surface area contributed by atoms with Crippen LogP contribution in [0.1, 0.15) is 32.0 Å². The maximum absolute atomic E-state index is 13.8. The molecule has 0 bridgehead atoms. The number of aromatic nitrogens is 2. The average molecular weight is 267 g/mol. The first-order chi connectivity index (χ1) is 8.65. The summed E-state index contributed by atoms with van der Waals surface area (Å²) in [6.07, 6.45) is 4.17. The molecule has 1 aromatic heterocycles. The summed E-state index contributed by atoms with van der Waals surface area (Å²) in [6.45, 7) is 2.22. The SMILES string of the molecule is CC1(n2c(CCCl)nc3c(F)cccc32)CCC1. The van der Waals surface area contributed by atoms with E-state index in [0.717, 1.165) is 24.2 Å². The molecular weight excluding hydrogens is 251 g/mol. The van der Waals surface area contributed by atoms with Crippen molar-refractivity contribution in [2.75, 3.05) is 5.88 Å². The Morgan fingerprint density at radius 3 is 2.83 bits per heavy atom. The van der Waals surface area contributed by atoms with Crippen LogP contribution in [0, 0.1) is 5.82 Å². The molecule has 0 aliphatic heterocycles. The highest BCUT2D eigenvalue weighted by Crippen LogP contribution is 2.42. The highest BCUT2D eigenvalue weighted by Gasteiger charge is 2.36. The number of aryl methyl sites for hydroxylation is 1. The van der Waals surface area contributed by atoms with Gasteiger partial charge in [-0.25, -0.2) is 9.37 Å². The van der Waals surface area contributed by atoms with E-state index in [0.29, 0.717) is 17.8 Å². The molecule has 0 radical (unpaired) electrons. The Kier molecular flexibility index (Phi) is 2.81. The smallest absolute Gasteiger partial charge is 0.151 e. The lowest BCUT2D eigenvalue weighted by Gasteiger charge is -2.41. The molecule has 1 aliphatic rings. The molecule has 0 saturated heterocycles. The minimum absolute atomic E-state index is 0.0872. The number of rotatable bonds is 3. The summed E-state index contributed by atoms with van der Waals surface area (Å²) < 4.78 is 16.0. The van der Waals surface area contributed by atoms with Gasteiger partial charge in [-0.1, -0.05) is 6.07 Å². The minimum atomic E-state index is -0.245. The van der Waals surface area contributed by atoms with E-state index >= 15 is 0 Å². The Bertz CT molecular complexity index is 587. The van der Waals surface area contributed by atoms with Gasteiger partial charge in [0.15, 0.2) is 5.82 Å². The van der Waals surface area contributed by atoms with Crippen molar-refractivity contribution in [2.45, 2.75) is 38.1 Å². The third kappa shape index (κ3) is 1.64. The highest BCUT2D eigenvalue weighted by atomic mass is 35.5. The summed E-state index contributed by atoms with van der Waals surface area (Å²) in [7, 11) is 0. The van der Waals surface area contributed by atoms with Crippen LogP contribution in [0.5, 0.6) is 0 Å². The van der Waals surface area contributed by atoms with E-state index < -0.39 is 0 Å². The standard InChI is InChI=1S/C14H16ClFN2/c1-14(7-3-8-14)18-11-5-2-4-10(16)13(11)17-12(18)6-9-15/h2,4-5H,3,6-9H2,1H3. The largest absolute Gasteiger partial charge is 0.322 e. The topological polar surface area (TPSA) is 17.8 Å². The molecule has 4 heteroatoms. The van der Waals surface area contributed by atoms with Crippen molar-refractivity contribution in [2.24, 2.45) is 0 Å². The number of fused-ring (bicyclic) bond motifs is 1. The van der Waals surface area contributed by atoms with Gasteiger partial charge in [-0.05, 0) is 38.3 Å². The van der Waals surface area contributed by atoms with Gasteiger partial charge in [0.1, 0.15) is 11.3 Å². The minimum Gasteiger partial charge on any atom is -0.322 e. The van der Waals surface area contributed by atoms with Crippen molar-refractivity contribution in [3.63, 3.8) is 0 Å². The zero-order valence-electron chi connectivity index (χ0n) is 10.4. The van der Waals surface area contributed by atoms with Crippen molar-refractivity contribution in [3.8, 4) is 0 Å². The summed E-state index contributed by atoms with van der Waals surface area (Å²) in [4.78, 5) is 4.45. The van der Waals surface area contributed by atoms with Gasteiger partial charge in [0.05, 0.1) is 5.52 Å². The monoisotopic (exact) mass is 266 g/mol. The molecular formula is C14H16ClFN2. The lowest BCUT2D eigenvalue weighted by Crippen LogP contribution is -2.38. The third-order valence-corrected chi connectivity index (χ3v) is 4.18. The lowest BCUT2D eigenvalue weighted by atomic mass is 9.78. The van der Waals surface area contributed by atoms with Gasteiger partial charge < -0.3 is 4.57 Å².